The summed E-state index contributed by atoms with van der Waals surface area (Å²) >= 11 is 0. The minimum atomic E-state index is 0.0408. The molecule has 2 atom stereocenters. The number of benzene rings is 1. The summed E-state index contributed by atoms with van der Waals surface area (Å²) in [6.45, 7) is 6.47. The first kappa shape index (κ1) is 13.1. The summed E-state index contributed by atoms with van der Waals surface area (Å²) in [7, 11) is 0. The van der Waals surface area contributed by atoms with Gasteiger partial charge in [-0.25, -0.2) is 0 Å². The lowest BCUT2D eigenvalue weighted by atomic mass is 9.82. The normalized spacial score (nSPS) is 21.6. The Labute approximate surface area is 110 Å². The van der Waals surface area contributed by atoms with E-state index in [4.69, 9.17) is 0 Å². The molecule has 2 rings (SSSR count). The number of piperidine rings is 1. The molecule has 18 heavy (non-hydrogen) atoms. The number of hydrogen-bond acceptors (Lipinski definition) is 2. The Morgan fingerprint density at radius 3 is 2.39 bits per heavy atom. The van der Waals surface area contributed by atoms with E-state index in [1.807, 2.05) is 0 Å². The number of nitrogens with one attached hydrogen (secondary N) is 1. The molecule has 1 saturated heterocycles. The Hall–Kier alpha value is -1.33. The van der Waals surface area contributed by atoms with E-state index in [2.05, 4.69) is 49.5 Å². The summed E-state index contributed by atoms with van der Waals surface area (Å²) in [5, 5.41) is 12.8. The van der Waals surface area contributed by atoms with Gasteiger partial charge in [0.15, 0.2) is 0 Å². The fourth-order valence-corrected chi connectivity index (χ4v) is 2.70. The molecule has 1 heterocycles. The van der Waals surface area contributed by atoms with Gasteiger partial charge in [-0.3, -0.25) is 0 Å². The first-order chi connectivity index (χ1) is 8.72. The van der Waals surface area contributed by atoms with Crippen LogP contribution < -0.4 is 5.32 Å². The summed E-state index contributed by atoms with van der Waals surface area (Å²) in [6, 6.07) is 11.1. The summed E-state index contributed by atoms with van der Waals surface area (Å²) in [6.07, 6.45) is 2.35. The van der Waals surface area contributed by atoms with Crippen LogP contribution in [0, 0.1) is 17.2 Å². The lowest BCUT2D eigenvalue weighted by Gasteiger charge is -2.27. The Morgan fingerprint density at radius 1 is 1.22 bits per heavy atom. The van der Waals surface area contributed by atoms with Crippen LogP contribution in [-0.4, -0.2) is 13.1 Å². The van der Waals surface area contributed by atoms with Crippen LogP contribution in [0.15, 0.2) is 24.3 Å². The van der Waals surface area contributed by atoms with Crippen molar-refractivity contribution in [3.05, 3.63) is 35.4 Å². The van der Waals surface area contributed by atoms with Gasteiger partial charge in [0.2, 0.25) is 0 Å². The lowest BCUT2D eigenvalue weighted by molar-refractivity contribution is 0.354. The molecule has 0 aromatic heterocycles. The second-order valence-corrected chi connectivity index (χ2v) is 5.53. The van der Waals surface area contributed by atoms with Crippen molar-refractivity contribution in [2.75, 3.05) is 13.1 Å². The van der Waals surface area contributed by atoms with Crippen molar-refractivity contribution in [2.24, 2.45) is 5.92 Å². The van der Waals surface area contributed by atoms with E-state index >= 15 is 0 Å². The maximum atomic E-state index is 9.43. The number of nitriles is 1. The molecular weight excluding hydrogens is 220 g/mol. The van der Waals surface area contributed by atoms with E-state index in [-0.39, 0.29) is 5.92 Å². The molecule has 0 radical (unpaired) electrons. The van der Waals surface area contributed by atoms with Crippen LogP contribution in [0.3, 0.4) is 0 Å². The lowest BCUT2D eigenvalue weighted by Crippen LogP contribution is -2.32. The van der Waals surface area contributed by atoms with E-state index in [9.17, 15) is 5.26 Å². The molecule has 1 aromatic rings. The molecule has 2 unspecified atom stereocenters. The van der Waals surface area contributed by atoms with Gasteiger partial charge in [-0.05, 0) is 48.9 Å². The molecule has 0 bridgehead atoms. The van der Waals surface area contributed by atoms with Crippen LogP contribution in [0.1, 0.15) is 49.7 Å². The molecule has 2 heteroatoms. The molecule has 1 aliphatic rings. The third kappa shape index (κ3) is 2.91. The van der Waals surface area contributed by atoms with E-state index < -0.39 is 0 Å². The third-order valence-corrected chi connectivity index (χ3v) is 3.91. The van der Waals surface area contributed by atoms with Crippen molar-refractivity contribution in [2.45, 2.75) is 38.5 Å². The molecule has 1 aromatic carbocycles. The maximum Gasteiger partial charge on any atom is 0.0753 e. The van der Waals surface area contributed by atoms with Crippen molar-refractivity contribution < 1.29 is 0 Å². The molecule has 0 spiro atoms. The van der Waals surface area contributed by atoms with Crippen molar-refractivity contribution in [3.8, 4) is 6.07 Å². The number of rotatable bonds is 3. The Balaban J connectivity index is 2.14. The molecule has 0 amide bonds. The molecule has 1 N–H and O–H groups in total. The monoisotopic (exact) mass is 242 g/mol. The summed E-state index contributed by atoms with van der Waals surface area (Å²) in [5.74, 6) is 1.06. The first-order valence-electron chi connectivity index (χ1n) is 6.92. The second kappa shape index (κ2) is 6.02. The topological polar surface area (TPSA) is 35.8 Å². The first-order valence-corrected chi connectivity index (χ1v) is 6.92. The van der Waals surface area contributed by atoms with E-state index in [1.165, 1.54) is 17.5 Å². The van der Waals surface area contributed by atoms with Crippen LogP contribution in [-0.2, 0) is 0 Å². The van der Waals surface area contributed by atoms with Crippen molar-refractivity contribution in [1.82, 2.24) is 5.32 Å². The predicted octanol–water partition coefficient (Wildman–Crippen LogP) is 3.42. The predicted molar refractivity (Wildman–Crippen MR) is 74.5 cm³/mol. The molecule has 1 fully saturated rings. The standard InChI is InChI=1S/C16H22N2/c1-12(2)13-5-7-14(8-6-13)16(10-17)15-4-3-9-18-11-15/h5-8,12,15-16,18H,3-4,9,11H2,1-2H3. The van der Waals surface area contributed by atoms with Crippen LogP contribution >= 0.6 is 0 Å². The highest BCUT2D eigenvalue weighted by molar-refractivity contribution is 5.31. The zero-order valence-corrected chi connectivity index (χ0v) is 11.3. The second-order valence-electron chi connectivity index (χ2n) is 5.53. The van der Waals surface area contributed by atoms with Crippen molar-refractivity contribution >= 4 is 0 Å². The SMILES string of the molecule is CC(C)c1ccc(C(C#N)C2CCCNC2)cc1. The maximum absolute atomic E-state index is 9.43. The molecular formula is C16H22N2. The van der Waals surface area contributed by atoms with E-state index in [0.717, 1.165) is 19.5 Å². The summed E-state index contributed by atoms with van der Waals surface area (Å²) in [5.41, 5.74) is 2.52. The Kier molecular flexibility index (Phi) is 4.38. The average Bonchev–Trinajstić information content (AvgIpc) is 2.41. The van der Waals surface area contributed by atoms with Gasteiger partial charge in [-0.15, -0.1) is 0 Å². The Bertz CT molecular complexity index is 408. The average molecular weight is 242 g/mol. The van der Waals surface area contributed by atoms with Gasteiger partial charge >= 0.3 is 0 Å². The van der Waals surface area contributed by atoms with Gasteiger partial charge in [0, 0.05) is 0 Å². The fraction of sp³-hybridized carbons (Fsp3) is 0.562. The van der Waals surface area contributed by atoms with E-state index in [0.29, 0.717) is 11.8 Å². The highest BCUT2D eigenvalue weighted by Crippen LogP contribution is 2.29. The van der Waals surface area contributed by atoms with Crippen LogP contribution in [0.2, 0.25) is 0 Å². The van der Waals surface area contributed by atoms with Crippen LogP contribution in [0.25, 0.3) is 0 Å². The quantitative estimate of drug-likeness (QED) is 0.881. The zero-order valence-electron chi connectivity index (χ0n) is 11.3. The third-order valence-electron chi connectivity index (χ3n) is 3.91. The van der Waals surface area contributed by atoms with Crippen LogP contribution in [0.4, 0.5) is 0 Å². The molecule has 2 nitrogen and oxygen atoms in total. The van der Waals surface area contributed by atoms with Gasteiger partial charge in [-0.2, -0.15) is 5.26 Å². The number of hydrogen-bond donors (Lipinski definition) is 1. The molecule has 0 saturated carbocycles. The van der Waals surface area contributed by atoms with Gasteiger partial charge < -0.3 is 5.32 Å². The highest BCUT2D eigenvalue weighted by Gasteiger charge is 2.24. The largest absolute Gasteiger partial charge is 0.316 e. The zero-order chi connectivity index (χ0) is 13.0. The van der Waals surface area contributed by atoms with Gasteiger partial charge in [-0.1, -0.05) is 38.1 Å². The fourth-order valence-electron chi connectivity index (χ4n) is 2.70. The highest BCUT2D eigenvalue weighted by atomic mass is 14.9. The van der Waals surface area contributed by atoms with Gasteiger partial charge in [0.25, 0.3) is 0 Å². The summed E-state index contributed by atoms with van der Waals surface area (Å²) in [4.78, 5) is 0. The van der Waals surface area contributed by atoms with Gasteiger partial charge in [0.1, 0.15) is 0 Å². The van der Waals surface area contributed by atoms with Gasteiger partial charge in [0.05, 0.1) is 12.0 Å². The molecule has 1 aliphatic heterocycles. The molecule has 96 valence electrons. The minimum Gasteiger partial charge on any atom is -0.316 e. The van der Waals surface area contributed by atoms with Crippen molar-refractivity contribution in [1.29, 1.82) is 5.26 Å². The number of nitrogens with zero attached hydrogens (tertiary/aromatic N) is 1. The van der Waals surface area contributed by atoms with E-state index in [1.54, 1.807) is 0 Å². The smallest absolute Gasteiger partial charge is 0.0753 e. The molecule has 0 aliphatic carbocycles. The van der Waals surface area contributed by atoms with Crippen LogP contribution in [0.5, 0.6) is 0 Å². The Morgan fingerprint density at radius 2 is 1.89 bits per heavy atom. The minimum absolute atomic E-state index is 0.0408. The van der Waals surface area contributed by atoms with Crippen molar-refractivity contribution in [3.63, 3.8) is 0 Å². The summed E-state index contributed by atoms with van der Waals surface area (Å²) < 4.78 is 0.